The summed E-state index contributed by atoms with van der Waals surface area (Å²) in [7, 11) is 3.16. The molecule has 0 radical (unpaired) electrons. The molecule has 1 heterocycles. The molecule has 0 spiro atoms. The van der Waals surface area contributed by atoms with Crippen LogP contribution in [0.1, 0.15) is 52.5 Å². The molecule has 3 N–H and O–H groups in total. The number of rotatable bonds is 10. The third-order valence-corrected chi connectivity index (χ3v) is 8.36. The molecule has 3 aromatic carbocycles. The molecule has 2 amide bonds. The highest BCUT2D eigenvalue weighted by Gasteiger charge is 2.36. The summed E-state index contributed by atoms with van der Waals surface area (Å²) in [5, 5.41) is 3.18. The van der Waals surface area contributed by atoms with Gasteiger partial charge in [0.25, 0.3) is 5.91 Å². The van der Waals surface area contributed by atoms with Crippen molar-refractivity contribution in [1.82, 2.24) is 14.6 Å². The van der Waals surface area contributed by atoms with E-state index in [0.717, 1.165) is 42.8 Å². The summed E-state index contributed by atoms with van der Waals surface area (Å²) in [6.45, 7) is 0.126. The van der Waals surface area contributed by atoms with Crippen molar-refractivity contribution in [1.29, 1.82) is 0 Å². The van der Waals surface area contributed by atoms with Gasteiger partial charge in [0.05, 0.1) is 19.9 Å². The maximum atomic E-state index is 14.4. The summed E-state index contributed by atoms with van der Waals surface area (Å²) in [6.07, 6.45) is 3.90. The molecule has 1 aromatic heterocycles. The first-order chi connectivity index (χ1) is 20.4. The first kappa shape index (κ1) is 29.1. The fraction of sp³-hybridized carbons (Fsp3) is 0.281. The van der Waals surface area contributed by atoms with Crippen LogP contribution < -0.4 is 20.5 Å². The van der Waals surface area contributed by atoms with Crippen LogP contribution in [0.25, 0.3) is 11.3 Å². The second-order valence-corrected chi connectivity index (χ2v) is 11.0. The zero-order valence-electron chi connectivity index (χ0n) is 23.5. The van der Waals surface area contributed by atoms with Gasteiger partial charge < -0.3 is 25.4 Å². The van der Waals surface area contributed by atoms with Gasteiger partial charge in [0.2, 0.25) is 5.91 Å². The molecule has 0 aliphatic heterocycles. The van der Waals surface area contributed by atoms with Crippen molar-refractivity contribution in [3.63, 3.8) is 0 Å². The van der Waals surface area contributed by atoms with Crippen LogP contribution >= 0.6 is 11.5 Å². The van der Waals surface area contributed by atoms with E-state index < -0.39 is 11.9 Å². The molecule has 218 valence electrons. The lowest BCUT2D eigenvalue weighted by Gasteiger charge is -2.32. The molecule has 10 heteroatoms. The Morgan fingerprint density at radius 2 is 1.57 bits per heavy atom. The highest BCUT2D eigenvalue weighted by molar-refractivity contribution is 7.09. The predicted molar refractivity (Wildman–Crippen MR) is 161 cm³/mol. The largest absolute Gasteiger partial charge is 0.497 e. The smallest absolute Gasteiger partial charge is 0.268 e. The Kier molecular flexibility index (Phi) is 9.02. The Morgan fingerprint density at radius 3 is 2.17 bits per heavy atom. The Hall–Kier alpha value is -4.44. The van der Waals surface area contributed by atoms with Crippen molar-refractivity contribution >= 4 is 29.0 Å². The number of ether oxygens (including phenoxy) is 2. The van der Waals surface area contributed by atoms with E-state index in [1.165, 1.54) is 17.0 Å². The summed E-state index contributed by atoms with van der Waals surface area (Å²) >= 11 is 0.960. The van der Waals surface area contributed by atoms with Crippen LogP contribution in [0.5, 0.6) is 11.5 Å². The number of hydrogen-bond donors (Lipinski definition) is 2. The van der Waals surface area contributed by atoms with E-state index in [0.29, 0.717) is 28.3 Å². The second-order valence-electron chi connectivity index (χ2n) is 10.2. The average molecular weight is 589 g/mol. The van der Waals surface area contributed by atoms with Crippen LogP contribution in [-0.4, -0.2) is 41.3 Å². The molecule has 1 unspecified atom stereocenters. The predicted octanol–water partition coefficient (Wildman–Crippen LogP) is 5.99. The molecular weight excluding hydrogens is 555 g/mol. The molecule has 0 saturated heterocycles. The molecule has 1 fully saturated rings. The van der Waals surface area contributed by atoms with Crippen molar-refractivity contribution in [2.75, 3.05) is 20.0 Å². The molecule has 0 bridgehead atoms. The number of nitrogens with two attached hydrogens (primary N) is 1. The normalized spacial score (nSPS) is 13.9. The van der Waals surface area contributed by atoms with Gasteiger partial charge >= 0.3 is 0 Å². The summed E-state index contributed by atoms with van der Waals surface area (Å²) in [5.74, 6) is 0.229. The number of amides is 2. The number of anilines is 1. The number of nitrogen functional groups attached to an aromatic ring is 1. The molecule has 4 aromatic rings. The fourth-order valence-electron chi connectivity index (χ4n) is 5.22. The maximum Gasteiger partial charge on any atom is 0.268 e. The number of benzene rings is 3. The molecule has 1 aliphatic carbocycles. The van der Waals surface area contributed by atoms with E-state index in [9.17, 15) is 14.0 Å². The summed E-state index contributed by atoms with van der Waals surface area (Å²) in [5.41, 5.74) is 9.11. The van der Waals surface area contributed by atoms with Crippen molar-refractivity contribution in [3.8, 4) is 22.8 Å². The Bertz CT molecular complexity index is 1520. The highest BCUT2D eigenvalue weighted by Crippen LogP contribution is 2.35. The fourth-order valence-corrected chi connectivity index (χ4v) is 5.99. The first-order valence-electron chi connectivity index (χ1n) is 13.8. The van der Waals surface area contributed by atoms with Crippen LogP contribution in [0.4, 0.5) is 10.1 Å². The van der Waals surface area contributed by atoms with Crippen LogP contribution in [0.15, 0.2) is 72.8 Å². The van der Waals surface area contributed by atoms with Crippen LogP contribution in [0.2, 0.25) is 0 Å². The zero-order chi connectivity index (χ0) is 29.6. The average Bonchev–Trinajstić information content (AvgIpc) is 3.67. The van der Waals surface area contributed by atoms with Gasteiger partial charge in [-0.15, -0.1) is 0 Å². The van der Waals surface area contributed by atoms with Crippen LogP contribution in [-0.2, 0) is 11.3 Å². The van der Waals surface area contributed by atoms with Crippen LogP contribution in [0.3, 0.4) is 0 Å². The van der Waals surface area contributed by atoms with Gasteiger partial charge in [-0.05, 0) is 84.0 Å². The molecule has 8 nitrogen and oxygen atoms in total. The van der Waals surface area contributed by atoms with Crippen molar-refractivity contribution in [2.45, 2.75) is 44.3 Å². The minimum absolute atomic E-state index is 0.0507. The Labute approximate surface area is 248 Å². The van der Waals surface area contributed by atoms with Gasteiger partial charge in [0.1, 0.15) is 33.9 Å². The number of nitrogens with zero attached hydrogens (tertiary/aromatic N) is 2. The quantitative estimate of drug-likeness (QED) is 0.236. The van der Waals surface area contributed by atoms with Crippen molar-refractivity contribution < 1.29 is 23.5 Å². The Balaban J connectivity index is 1.57. The number of methoxy groups -OCH3 is 2. The van der Waals surface area contributed by atoms with Gasteiger partial charge in [-0.3, -0.25) is 9.59 Å². The monoisotopic (exact) mass is 588 g/mol. The summed E-state index contributed by atoms with van der Waals surface area (Å²) < 4.78 is 28.6. The van der Waals surface area contributed by atoms with E-state index in [-0.39, 0.29) is 34.9 Å². The number of nitrogens with one attached hydrogen (secondary N) is 1. The van der Waals surface area contributed by atoms with Gasteiger partial charge in [0, 0.05) is 18.2 Å². The third kappa shape index (κ3) is 6.38. The molecule has 1 saturated carbocycles. The zero-order valence-corrected chi connectivity index (χ0v) is 24.3. The van der Waals surface area contributed by atoms with Crippen molar-refractivity contribution in [3.05, 3.63) is 94.6 Å². The van der Waals surface area contributed by atoms with Gasteiger partial charge in [0.15, 0.2) is 0 Å². The van der Waals surface area contributed by atoms with E-state index in [1.807, 2.05) is 24.3 Å². The topological polar surface area (TPSA) is 107 Å². The summed E-state index contributed by atoms with van der Waals surface area (Å²) in [6, 6.07) is 19.4. The summed E-state index contributed by atoms with van der Waals surface area (Å²) in [4.78, 5) is 30.2. The SMILES string of the molecule is COc1ccc(CN(C(=O)c2snc(-c3ccc(F)cc3)c2N)C(C(=O)NC2CCCC2)c2ccc(OC)cc2)cc1. The molecule has 1 aliphatic rings. The van der Waals surface area contributed by atoms with E-state index in [2.05, 4.69) is 9.69 Å². The lowest BCUT2D eigenvalue weighted by Crippen LogP contribution is -2.45. The lowest BCUT2D eigenvalue weighted by atomic mass is 10.0. The number of aromatic nitrogens is 1. The van der Waals surface area contributed by atoms with Gasteiger partial charge in [-0.1, -0.05) is 37.1 Å². The molecule has 42 heavy (non-hydrogen) atoms. The van der Waals surface area contributed by atoms with Gasteiger partial charge in [-0.2, -0.15) is 4.37 Å². The lowest BCUT2D eigenvalue weighted by molar-refractivity contribution is -0.126. The standard InChI is InChI=1S/C32H33FN4O4S/c1-40-25-15-7-20(8-16-25)19-37(32(39)30-27(34)28(36-42-30)21-9-13-23(33)14-10-21)29(22-11-17-26(41-2)18-12-22)31(38)35-24-5-3-4-6-24/h7-18,24,29H,3-6,19,34H2,1-2H3,(H,35,38). The maximum absolute atomic E-state index is 14.4. The minimum atomic E-state index is -0.957. The number of halogens is 1. The highest BCUT2D eigenvalue weighted by atomic mass is 32.1. The van der Waals surface area contributed by atoms with Crippen molar-refractivity contribution in [2.24, 2.45) is 0 Å². The number of carbonyl (C=O) groups is 2. The van der Waals surface area contributed by atoms with Crippen LogP contribution in [0, 0.1) is 5.82 Å². The minimum Gasteiger partial charge on any atom is -0.497 e. The number of carbonyl (C=O) groups excluding carboxylic acids is 2. The number of hydrogen-bond acceptors (Lipinski definition) is 7. The van der Waals surface area contributed by atoms with E-state index in [4.69, 9.17) is 15.2 Å². The second kappa shape index (κ2) is 13.0. The van der Waals surface area contributed by atoms with E-state index in [1.54, 1.807) is 50.6 Å². The Morgan fingerprint density at radius 1 is 0.976 bits per heavy atom. The third-order valence-electron chi connectivity index (χ3n) is 7.51. The molecular formula is C32H33FN4O4S. The van der Waals surface area contributed by atoms with Gasteiger partial charge in [-0.25, -0.2) is 4.39 Å². The van der Waals surface area contributed by atoms with E-state index >= 15 is 0 Å². The molecule has 5 rings (SSSR count). The molecule has 1 atom stereocenters. The first-order valence-corrected chi connectivity index (χ1v) is 14.5.